The van der Waals surface area contributed by atoms with Crippen LogP contribution in [-0.2, 0) is 45.2 Å². The number of ether oxygens (including phenoxy) is 1. The Morgan fingerprint density at radius 1 is 1.00 bits per heavy atom. The summed E-state index contributed by atoms with van der Waals surface area (Å²) < 4.78 is 64.3. The normalized spacial score (nSPS) is 33.1. The summed E-state index contributed by atoms with van der Waals surface area (Å²) in [6, 6.07) is -1.00. The van der Waals surface area contributed by atoms with Crippen LogP contribution in [0.15, 0.2) is 0 Å². The molecule has 27 heteroatoms. The number of nitrogens with zero attached hydrogens (tertiary/aromatic N) is 1. The molecule has 198 valence electrons. The van der Waals surface area contributed by atoms with E-state index in [1.807, 2.05) is 5.32 Å². The number of carbonyl (C=O) groups is 2. The minimum absolute atomic E-state index is 0. The van der Waals surface area contributed by atoms with Gasteiger partial charge in [0.1, 0.15) is 23.1 Å². The Morgan fingerprint density at radius 2 is 1.53 bits per heavy atom. The molecule has 0 bridgehead atoms. The van der Waals surface area contributed by atoms with Gasteiger partial charge in [0.15, 0.2) is 6.23 Å². The van der Waals surface area contributed by atoms with Gasteiger partial charge in [0, 0.05) is 6.54 Å². The van der Waals surface area contributed by atoms with Crippen LogP contribution in [0.25, 0.3) is 0 Å². The minimum Gasteiger partial charge on any atom is -0.756 e. The number of aliphatic hydroxyl groups excluding tert-OH is 2. The van der Waals surface area contributed by atoms with Crippen molar-refractivity contribution in [1.29, 1.82) is 0 Å². The van der Waals surface area contributed by atoms with E-state index < -0.39 is 79.2 Å². The van der Waals surface area contributed by atoms with Gasteiger partial charge in [-0.3, -0.25) is 24.1 Å². The molecular formula is C9H15BrN2Na2O18P4. The van der Waals surface area contributed by atoms with Crippen molar-refractivity contribution in [3.05, 3.63) is 0 Å². The fraction of sp³-hybridized carbons (Fsp3) is 0.778. The van der Waals surface area contributed by atoms with Crippen LogP contribution in [0.1, 0.15) is 0 Å². The van der Waals surface area contributed by atoms with Crippen molar-refractivity contribution in [2.45, 2.75) is 29.4 Å². The smallest absolute Gasteiger partial charge is 0.756 e. The molecule has 20 nitrogen and oxygen atoms in total. The molecule has 2 rings (SSSR count). The van der Waals surface area contributed by atoms with Gasteiger partial charge in [0.2, 0.25) is 5.91 Å². The summed E-state index contributed by atoms with van der Waals surface area (Å²) in [5.74, 6) is -0.691. The van der Waals surface area contributed by atoms with E-state index in [1.165, 1.54) is 0 Å². The SMILES string of the molecule is O=C1NC(=O)N([C@@H]2O[C@H](COP(=O)([O-])OP(=O)(O)OP(=O)(O)OP(=O)([O-])O)[C@@H](O)[C@H]2O)CC1Br.[Na+].[Na+]. The largest absolute Gasteiger partial charge is 1.00 e. The van der Waals surface area contributed by atoms with Gasteiger partial charge in [-0.1, -0.05) is 15.9 Å². The van der Waals surface area contributed by atoms with Crippen molar-refractivity contribution < 1.29 is 144 Å². The van der Waals surface area contributed by atoms with Crippen molar-refractivity contribution in [2.24, 2.45) is 0 Å². The maximum atomic E-state index is 11.9. The summed E-state index contributed by atoms with van der Waals surface area (Å²) in [6.07, 6.45) is -7.00. The van der Waals surface area contributed by atoms with Crippen LogP contribution in [0.2, 0.25) is 0 Å². The molecule has 0 radical (unpaired) electrons. The summed E-state index contributed by atoms with van der Waals surface area (Å²) >= 11 is 2.96. The summed E-state index contributed by atoms with van der Waals surface area (Å²) in [7, 11) is -24.1. The number of urea groups is 1. The third kappa shape index (κ3) is 11.4. The van der Waals surface area contributed by atoms with E-state index in [-0.39, 0.29) is 65.7 Å². The van der Waals surface area contributed by atoms with Crippen molar-refractivity contribution in [3.8, 4) is 0 Å². The Morgan fingerprint density at radius 3 is 2.06 bits per heavy atom. The Balaban J connectivity index is 0.00000612. The van der Waals surface area contributed by atoms with Gasteiger partial charge in [-0.25, -0.2) is 22.5 Å². The predicted octanol–water partition coefficient (Wildman–Crippen LogP) is -9.05. The van der Waals surface area contributed by atoms with E-state index >= 15 is 0 Å². The number of halogens is 1. The fourth-order valence-corrected chi connectivity index (χ4v) is 7.36. The maximum absolute atomic E-state index is 11.9. The van der Waals surface area contributed by atoms with E-state index in [1.54, 1.807) is 0 Å². The average Bonchev–Trinajstić information content (AvgIpc) is 2.87. The molecule has 0 aliphatic carbocycles. The first-order valence-electron chi connectivity index (χ1n) is 8.28. The van der Waals surface area contributed by atoms with Crippen LogP contribution >= 0.6 is 47.2 Å². The Bertz CT molecular complexity index is 1010. The molecule has 2 fully saturated rings. The van der Waals surface area contributed by atoms with Crippen molar-refractivity contribution in [2.75, 3.05) is 13.2 Å². The molecule has 0 spiro atoms. The van der Waals surface area contributed by atoms with E-state index in [4.69, 9.17) is 14.5 Å². The Hall–Kier alpha value is 1.86. The number of carbonyl (C=O) groups excluding carboxylic acids is 2. The molecule has 2 aliphatic heterocycles. The number of hydrogen-bond donors (Lipinski definition) is 6. The van der Waals surface area contributed by atoms with E-state index in [0.29, 0.717) is 0 Å². The molecule has 6 N–H and O–H groups in total. The van der Waals surface area contributed by atoms with Crippen molar-refractivity contribution in [3.63, 3.8) is 0 Å². The van der Waals surface area contributed by atoms with Gasteiger partial charge in [0.05, 0.1) is 6.61 Å². The van der Waals surface area contributed by atoms with Gasteiger partial charge in [-0.05, 0) is 0 Å². The molecular weight excluding hydrogens is 674 g/mol. The van der Waals surface area contributed by atoms with Crippen LogP contribution in [0.5, 0.6) is 0 Å². The van der Waals surface area contributed by atoms with Crippen molar-refractivity contribution >= 4 is 59.2 Å². The zero-order valence-electron chi connectivity index (χ0n) is 18.0. The average molecular weight is 689 g/mol. The second-order valence-corrected chi connectivity index (χ2v) is 13.4. The molecule has 2 aliphatic rings. The zero-order chi connectivity index (χ0) is 26.3. The number of aliphatic hydroxyl groups is 2. The standard InChI is InChI=1S/C9H17BrN2O18P4.2Na/c10-3-1-12(9(16)11-7(3)15)8-6(14)5(13)4(27-8)2-26-32(20,21)29-34(24,25)30-33(22,23)28-31(17,18)19;;/h3-6,8,13-14H,1-2H2,(H,20,21)(H,22,23)(H,24,25)(H,11,15,16)(H2,17,18,19);;/q;2*+1/p-2/t3?,4-,5-,6-,8-;;/m1../s1. The van der Waals surface area contributed by atoms with Gasteiger partial charge < -0.3 is 43.9 Å². The molecule has 0 aromatic rings. The molecule has 2 saturated heterocycles. The van der Waals surface area contributed by atoms with Gasteiger partial charge >= 0.3 is 80.8 Å². The second kappa shape index (κ2) is 14.2. The van der Waals surface area contributed by atoms with Crippen LogP contribution in [0.3, 0.4) is 0 Å². The van der Waals surface area contributed by atoms with E-state index in [0.717, 1.165) is 4.90 Å². The third-order valence-electron chi connectivity index (χ3n) is 3.79. The first-order chi connectivity index (χ1) is 15.2. The molecule has 0 aromatic heterocycles. The summed E-state index contributed by atoms with van der Waals surface area (Å²) in [5.41, 5.74) is 0. The Kier molecular flexibility index (Phi) is 14.9. The van der Waals surface area contributed by atoms with Crippen molar-refractivity contribution in [1.82, 2.24) is 10.2 Å². The van der Waals surface area contributed by atoms with Crippen LogP contribution in [-0.4, -0.2) is 84.3 Å². The molecule has 0 aromatic carbocycles. The fourth-order valence-electron chi connectivity index (χ4n) is 2.54. The molecule has 3 amide bonds. The molecule has 0 saturated carbocycles. The summed E-state index contributed by atoms with van der Waals surface area (Å²) in [4.78, 5) is 71.9. The van der Waals surface area contributed by atoms with E-state index in [2.05, 4.69) is 33.4 Å². The van der Waals surface area contributed by atoms with Gasteiger partial charge in [-0.2, -0.15) is 4.31 Å². The third-order valence-corrected chi connectivity index (χ3v) is 9.89. The molecule has 36 heavy (non-hydrogen) atoms. The number of nitrogens with one attached hydrogen (secondary N) is 1. The van der Waals surface area contributed by atoms with E-state index in [9.17, 15) is 52.7 Å². The number of amides is 3. The number of imide groups is 1. The number of alkyl halides is 1. The molecule has 5 unspecified atom stereocenters. The molecule has 2 heterocycles. The van der Waals surface area contributed by atoms with Crippen LogP contribution in [0, 0.1) is 0 Å². The predicted molar refractivity (Wildman–Crippen MR) is 99.9 cm³/mol. The number of rotatable bonds is 10. The first-order valence-corrected chi connectivity index (χ1v) is 15.1. The summed E-state index contributed by atoms with van der Waals surface area (Å²) in [5, 5.41) is 22.1. The quantitative estimate of drug-likeness (QED) is 0.0705. The molecule has 9 atom stereocenters. The summed E-state index contributed by atoms with van der Waals surface area (Å²) in [6.45, 7) is -1.52. The topological polar surface area (TPSA) is 311 Å². The monoisotopic (exact) mass is 688 g/mol. The number of phosphoric acid groups is 4. The zero-order valence-corrected chi connectivity index (χ0v) is 27.1. The number of phosphoric ester groups is 1. The van der Waals surface area contributed by atoms with Crippen LogP contribution in [0.4, 0.5) is 4.79 Å². The first kappa shape index (κ1) is 37.9. The minimum atomic E-state index is -6.13. The second-order valence-electron chi connectivity index (χ2n) is 6.35. The maximum Gasteiger partial charge on any atom is 1.00 e. The Labute approximate surface area is 253 Å². The van der Waals surface area contributed by atoms with Gasteiger partial charge in [-0.15, -0.1) is 0 Å². The number of hydrogen-bond acceptors (Lipinski definition) is 15. The van der Waals surface area contributed by atoms with Gasteiger partial charge in [0.25, 0.3) is 15.6 Å². The van der Waals surface area contributed by atoms with Crippen LogP contribution < -0.4 is 74.2 Å².